The summed E-state index contributed by atoms with van der Waals surface area (Å²) in [5.74, 6) is -1.04. The molecule has 0 saturated heterocycles. The van der Waals surface area contributed by atoms with Gasteiger partial charge in [-0.3, -0.25) is 4.79 Å². The molecular formula is C22H23NO5S. The fourth-order valence-corrected chi connectivity index (χ4v) is 4.65. The van der Waals surface area contributed by atoms with Gasteiger partial charge in [0.1, 0.15) is 5.00 Å². The second-order valence-electron chi connectivity index (χ2n) is 6.95. The summed E-state index contributed by atoms with van der Waals surface area (Å²) in [4.78, 5) is 37.5. The Hall–Kier alpha value is -2.93. The maximum absolute atomic E-state index is 12.3. The SMILES string of the molecule is COC(=O)c1c(NC(=O)COC(=O)C=Cc2ccccc2)sc2c1CCC(C)C2. The number of carbonyl (C=O) groups excluding carboxylic acids is 3. The Kier molecular flexibility index (Phi) is 6.82. The van der Waals surface area contributed by atoms with Crippen molar-refractivity contribution in [2.75, 3.05) is 19.0 Å². The third-order valence-corrected chi connectivity index (χ3v) is 5.88. The lowest BCUT2D eigenvalue weighted by atomic mass is 9.88. The normalized spacial score (nSPS) is 15.6. The molecule has 152 valence electrons. The molecule has 3 rings (SSSR count). The molecule has 6 nitrogen and oxygen atoms in total. The van der Waals surface area contributed by atoms with E-state index < -0.39 is 24.5 Å². The molecule has 0 saturated carbocycles. The Morgan fingerprint density at radius 3 is 2.72 bits per heavy atom. The van der Waals surface area contributed by atoms with Crippen LogP contribution in [0, 0.1) is 5.92 Å². The zero-order valence-electron chi connectivity index (χ0n) is 16.4. The molecule has 2 aromatic rings. The van der Waals surface area contributed by atoms with Crippen molar-refractivity contribution < 1.29 is 23.9 Å². The van der Waals surface area contributed by atoms with E-state index in [2.05, 4.69) is 12.2 Å². The van der Waals surface area contributed by atoms with E-state index in [0.717, 1.165) is 35.3 Å². The lowest BCUT2D eigenvalue weighted by Crippen LogP contribution is -2.21. The highest BCUT2D eigenvalue weighted by molar-refractivity contribution is 7.17. The number of anilines is 1. The zero-order chi connectivity index (χ0) is 20.8. The van der Waals surface area contributed by atoms with Gasteiger partial charge in [-0.15, -0.1) is 11.3 Å². The van der Waals surface area contributed by atoms with Crippen LogP contribution in [0.1, 0.15) is 39.7 Å². The quantitative estimate of drug-likeness (QED) is 0.575. The fraction of sp³-hybridized carbons (Fsp3) is 0.318. The molecule has 0 aliphatic heterocycles. The Labute approximate surface area is 173 Å². The van der Waals surface area contributed by atoms with Crippen molar-refractivity contribution in [3.8, 4) is 0 Å². The van der Waals surface area contributed by atoms with E-state index in [1.807, 2.05) is 30.3 Å². The first kappa shape index (κ1) is 20.8. The van der Waals surface area contributed by atoms with Crippen LogP contribution in [-0.2, 0) is 31.9 Å². The highest BCUT2D eigenvalue weighted by atomic mass is 32.1. The van der Waals surface area contributed by atoms with Crippen LogP contribution in [0.15, 0.2) is 36.4 Å². The van der Waals surface area contributed by atoms with E-state index in [0.29, 0.717) is 16.5 Å². The summed E-state index contributed by atoms with van der Waals surface area (Å²) in [5.41, 5.74) is 2.23. The van der Waals surface area contributed by atoms with Gasteiger partial charge in [-0.1, -0.05) is 37.3 Å². The maximum atomic E-state index is 12.3. The van der Waals surface area contributed by atoms with Crippen LogP contribution in [0.3, 0.4) is 0 Å². The third kappa shape index (κ3) is 5.32. The van der Waals surface area contributed by atoms with Gasteiger partial charge in [0.25, 0.3) is 5.91 Å². The molecule has 0 radical (unpaired) electrons. The molecular weight excluding hydrogens is 390 g/mol. The minimum atomic E-state index is -0.614. The highest BCUT2D eigenvalue weighted by Gasteiger charge is 2.28. The van der Waals surface area contributed by atoms with Crippen LogP contribution in [0.25, 0.3) is 6.08 Å². The summed E-state index contributed by atoms with van der Waals surface area (Å²) < 4.78 is 9.90. The van der Waals surface area contributed by atoms with Crippen LogP contribution in [0.4, 0.5) is 5.00 Å². The number of esters is 2. The van der Waals surface area contributed by atoms with Crippen molar-refractivity contribution in [2.24, 2.45) is 5.92 Å². The Balaban J connectivity index is 1.62. The average molecular weight is 413 g/mol. The maximum Gasteiger partial charge on any atom is 0.341 e. The summed E-state index contributed by atoms with van der Waals surface area (Å²) in [7, 11) is 1.32. The van der Waals surface area contributed by atoms with Gasteiger partial charge in [0.2, 0.25) is 0 Å². The smallest absolute Gasteiger partial charge is 0.341 e. The van der Waals surface area contributed by atoms with Gasteiger partial charge in [0, 0.05) is 11.0 Å². The van der Waals surface area contributed by atoms with Crippen LogP contribution in [0.5, 0.6) is 0 Å². The van der Waals surface area contributed by atoms with Crippen molar-refractivity contribution in [2.45, 2.75) is 26.2 Å². The van der Waals surface area contributed by atoms with Crippen molar-refractivity contribution >= 4 is 40.3 Å². The van der Waals surface area contributed by atoms with E-state index in [1.165, 1.54) is 24.5 Å². The van der Waals surface area contributed by atoms with Crippen LogP contribution >= 0.6 is 11.3 Å². The third-order valence-electron chi connectivity index (χ3n) is 4.71. The Morgan fingerprint density at radius 1 is 1.24 bits per heavy atom. The number of rotatable bonds is 6. The van der Waals surface area contributed by atoms with Gasteiger partial charge in [0.05, 0.1) is 12.7 Å². The van der Waals surface area contributed by atoms with Gasteiger partial charge in [0.15, 0.2) is 6.61 Å². The van der Waals surface area contributed by atoms with Gasteiger partial charge in [-0.25, -0.2) is 9.59 Å². The lowest BCUT2D eigenvalue weighted by molar-refractivity contribution is -0.142. The zero-order valence-corrected chi connectivity index (χ0v) is 17.2. The summed E-state index contributed by atoms with van der Waals surface area (Å²) in [6.07, 6.45) is 5.54. The van der Waals surface area contributed by atoms with E-state index in [1.54, 1.807) is 6.08 Å². The van der Waals surface area contributed by atoms with Gasteiger partial charge >= 0.3 is 11.9 Å². The fourth-order valence-electron chi connectivity index (χ4n) is 3.23. The first-order chi connectivity index (χ1) is 14.0. The molecule has 1 amide bonds. The number of benzene rings is 1. The molecule has 0 spiro atoms. The minimum Gasteiger partial charge on any atom is -0.465 e. The number of carbonyl (C=O) groups is 3. The Bertz CT molecular complexity index is 932. The predicted octanol–water partition coefficient (Wildman–Crippen LogP) is 3.85. The highest BCUT2D eigenvalue weighted by Crippen LogP contribution is 2.39. The number of ether oxygens (including phenoxy) is 2. The largest absolute Gasteiger partial charge is 0.465 e. The van der Waals surface area contributed by atoms with Gasteiger partial charge in [-0.2, -0.15) is 0 Å². The molecule has 29 heavy (non-hydrogen) atoms. The molecule has 0 fully saturated rings. The minimum absolute atomic E-state index is 0.419. The summed E-state index contributed by atoms with van der Waals surface area (Å²) in [6, 6.07) is 9.30. The first-order valence-electron chi connectivity index (χ1n) is 9.40. The molecule has 7 heteroatoms. The average Bonchev–Trinajstić information content (AvgIpc) is 3.07. The second-order valence-corrected chi connectivity index (χ2v) is 8.05. The summed E-state index contributed by atoms with van der Waals surface area (Å²) in [6.45, 7) is 1.73. The topological polar surface area (TPSA) is 81.7 Å². The second kappa shape index (κ2) is 9.52. The van der Waals surface area contributed by atoms with Crippen LogP contribution in [-0.4, -0.2) is 31.6 Å². The molecule has 1 aromatic carbocycles. The molecule has 1 unspecified atom stereocenters. The molecule has 1 aliphatic rings. The van der Waals surface area contributed by atoms with Gasteiger partial charge in [-0.05, 0) is 42.4 Å². The molecule has 1 aromatic heterocycles. The number of fused-ring (bicyclic) bond motifs is 1. The monoisotopic (exact) mass is 413 g/mol. The van der Waals surface area contributed by atoms with E-state index in [-0.39, 0.29) is 0 Å². The van der Waals surface area contributed by atoms with E-state index >= 15 is 0 Å². The Morgan fingerprint density at radius 2 is 2.00 bits per heavy atom. The molecule has 1 aliphatic carbocycles. The summed E-state index contributed by atoms with van der Waals surface area (Å²) in [5, 5.41) is 3.16. The van der Waals surface area contributed by atoms with Crippen molar-refractivity contribution in [3.63, 3.8) is 0 Å². The van der Waals surface area contributed by atoms with Crippen molar-refractivity contribution in [1.29, 1.82) is 0 Å². The van der Waals surface area contributed by atoms with Gasteiger partial charge < -0.3 is 14.8 Å². The number of thiophene rings is 1. The molecule has 1 atom stereocenters. The first-order valence-corrected chi connectivity index (χ1v) is 10.2. The van der Waals surface area contributed by atoms with E-state index in [4.69, 9.17) is 9.47 Å². The summed E-state index contributed by atoms with van der Waals surface area (Å²) >= 11 is 1.39. The molecule has 1 heterocycles. The lowest BCUT2D eigenvalue weighted by Gasteiger charge is -2.18. The standard InChI is InChI=1S/C22H23NO5S/c1-14-8-10-16-17(12-14)29-21(20(16)22(26)27-2)23-18(24)13-28-19(25)11-9-15-6-4-3-5-7-15/h3-7,9,11,14H,8,10,12-13H2,1-2H3,(H,23,24). The van der Waals surface area contributed by atoms with Crippen LogP contribution in [0.2, 0.25) is 0 Å². The molecule has 1 N–H and O–H groups in total. The molecule has 0 bridgehead atoms. The number of hydrogen-bond acceptors (Lipinski definition) is 6. The number of hydrogen-bond donors (Lipinski definition) is 1. The number of amides is 1. The predicted molar refractivity (Wildman–Crippen MR) is 112 cm³/mol. The number of methoxy groups -OCH3 is 1. The number of nitrogens with one attached hydrogen (secondary N) is 1. The van der Waals surface area contributed by atoms with E-state index in [9.17, 15) is 14.4 Å². The van der Waals surface area contributed by atoms with Crippen molar-refractivity contribution in [1.82, 2.24) is 0 Å². The van der Waals surface area contributed by atoms with Crippen LogP contribution < -0.4 is 5.32 Å². The van der Waals surface area contributed by atoms with Crippen molar-refractivity contribution in [3.05, 3.63) is 58.0 Å².